The maximum Gasteiger partial charge on any atom is 0.311 e. The van der Waals surface area contributed by atoms with Gasteiger partial charge in [-0.05, 0) is 24.5 Å². The fraction of sp³-hybridized carbons (Fsp3) is 0.649. The third-order valence-electron chi connectivity index (χ3n) is 8.13. The first-order chi connectivity index (χ1) is 19.8. The van der Waals surface area contributed by atoms with Gasteiger partial charge in [0.15, 0.2) is 0 Å². The Kier molecular flexibility index (Phi) is 17.5. The summed E-state index contributed by atoms with van der Waals surface area (Å²) in [5, 5.41) is 0. The van der Waals surface area contributed by atoms with Gasteiger partial charge in [-0.3, -0.25) is 4.79 Å². The van der Waals surface area contributed by atoms with Crippen molar-refractivity contribution in [1.29, 1.82) is 0 Å². The highest BCUT2D eigenvalue weighted by atomic mass is 16.7. The molecule has 0 aliphatic carbocycles. The van der Waals surface area contributed by atoms with Gasteiger partial charge in [0.1, 0.15) is 12.3 Å². The monoisotopic (exact) mass is 566 g/mol. The third-order valence-corrected chi connectivity index (χ3v) is 8.13. The van der Waals surface area contributed by atoms with Gasteiger partial charge in [-0.25, -0.2) is 0 Å². The highest BCUT2D eigenvalue weighted by molar-refractivity contribution is 5.72. The lowest BCUT2D eigenvalue weighted by atomic mass is 10.0. The molecule has 2 aromatic carbocycles. The second-order valence-corrected chi connectivity index (χ2v) is 12.6. The molecule has 0 saturated heterocycles. The number of nitrogens with zero attached hydrogens (tertiary/aromatic N) is 1. The van der Waals surface area contributed by atoms with Crippen molar-refractivity contribution in [2.45, 2.75) is 130 Å². The average molecular weight is 567 g/mol. The number of unbranched alkanes of at least 4 members (excludes halogenated alkanes) is 11. The van der Waals surface area contributed by atoms with Crippen LogP contribution in [0, 0.1) is 5.92 Å². The van der Waals surface area contributed by atoms with E-state index in [0.717, 1.165) is 36.2 Å². The number of hydrogen-bond acceptors (Lipinski definition) is 3. The summed E-state index contributed by atoms with van der Waals surface area (Å²) in [4.78, 5) is 13.0. The molecule has 230 valence electrons. The fourth-order valence-electron chi connectivity index (χ4n) is 5.38. The molecule has 0 saturated carbocycles. The molecule has 0 N–H and O–H groups in total. The Balaban J connectivity index is 1.69. The molecule has 0 amide bonds. The Morgan fingerprint density at radius 1 is 0.756 bits per heavy atom. The van der Waals surface area contributed by atoms with E-state index >= 15 is 0 Å². The SMILES string of the molecule is CCCCCCCCCCCCCCc1ccccc1OC(CC)OC(=O)C(C)CC[N+](C)(C)Cc1ccccc1. The lowest BCUT2D eigenvalue weighted by Crippen LogP contribution is -2.41. The zero-order valence-electron chi connectivity index (χ0n) is 27.0. The van der Waals surface area contributed by atoms with Crippen molar-refractivity contribution >= 4 is 5.97 Å². The molecular weight excluding hydrogens is 506 g/mol. The quantitative estimate of drug-likeness (QED) is 0.0581. The van der Waals surface area contributed by atoms with Gasteiger partial charge < -0.3 is 14.0 Å². The summed E-state index contributed by atoms with van der Waals surface area (Å²) in [5.41, 5.74) is 2.52. The third kappa shape index (κ3) is 15.5. The van der Waals surface area contributed by atoms with Crippen LogP contribution in [-0.4, -0.2) is 37.4 Å². The maximum atomic E-state index is 13.0. The van der Waals surface area contributed by atoms with Gasteiger partial charge in [0.25, 0.3) is 0 Å². The van der Waals surface area contributed by atoms with Crippen LogP contribution in [0.4, 0.5) is 0 Å². The summed E-state index contributed by atoms with van der Waals surface area (Å²) in [7, 11) is 4.44. The van der Waals surface area contributed by atoms with Crippen LogP contribution in [0.3, 0.4) is 0 Å². The maximum absolute atomic E-state index is 13.0. The van der Waals surface area contributed by atoms with Gasteiger partial charge in [-0.15, -0.1) is 0 Å². The van der Waals surface area contributed by atoms with Crippen LogP contribution in [0.1, 0.15) is 122 Å². The van der Waals surface area contributed by atoms with Crippen molar-refractivity contribution in [2.24, 2.45) is 5.92 Å². The van der Waals surface area contributed by atoms with E-state index in [1.165, 1.54) is 88.2 Å². The predicted molar refractivity (Wildman–Crippen MR) is 173 cm³/mol. The standard InChI is InChI=1S/C37H60NO3/c1-6-8-9-10-11-12-13-14-15-16-17-21-26-34-27-22-23-28-35(34)40-36(7-2)41-37(39)32(3)29-30-38(4,5)31-33-24-19-18-20-25-33/h18-20,22-25,27-28,32,36H,6-17,21,26,29-31H2,1-5H3/q+1. The Morgan fingerprint density at radius 3 is 1.93 bits per heavy atom. The Labute approximate surface area is 252 Å². The summed E-state index contributed by atoms with van der Waals surface area (Å²) in [5.74, 6) is 0.510. The molecule has 0 heterocycles. The number of quaternary nitrogens is 1. The number of carbonyl (C=O) groups excluding carboxylic acids is 1. The molecule has 0 radical (unpaired) electrons. The summed E-state index contributed by atoms with van der Waals surface area (Å²) in [6, 6.07) is 18.8. The van der Waals surface area contributed by atoms with Crippen LogP contribution in [-0.2, 0) is 22.5 Å². The fourth-order valence-corrected chi connectivity index (χ4v) is 5.38. The van der Waals surface area contributed by atoms with Crippen LogP contribution in [0.15, 0.2) is 54.6 Å². The second-order valence-electron chi connectivity index (χ2n) is 12.6. The predicted octanol–water partition coefficient (Wildman–Crippen LogP) is 9.89. The molecule has 0 bridgehead atoms. The first-order valence-electron chi connectivity index (χ1n) is 16.7. The Bertz CT molecular complexity index is 942. The van der Waals surface area contributed by atoms with Crippen molar-refractivity contribution < 1.29 is 18.8 Å². The smallest absolute Gasteiger partial charge is 0.311 e. The molecule has 4 heteroatoms. The normalized spacial score (nSPS) is 13.1. The number of esters is 1. The number of para-hydroxylation sites is 1. The number of carbonyl (C=O) groups is 1. The highest BCUT2D eigenvalue weighted by Gasteiger charge is 2.24. The molecule has 41 heavy (non-hydrogen) atoms. The van der Waals surface area contributed by atoms with E-state index in [4.69, 9.17) is 9.47 Å². The summed E-state index contributed by atoms with van der Waals surface area (Å²) < 4.78 is 12.9. The van der Waals surface area contributed by atoms with Crippen LogP contribution in [0.25, 0.3) is 0 Å². The van der Waals surface area contributed by atoms with Crippen molar-refractivity contribution in [1.82, 2.24) is 0 Å². The number of hydrogen-bond donors (Lipinski definition) is 0. The lowest BCUT2D eigenvalue weighted by molar-refractivity contribution is -0.904. The molecule has 0 aromatic heterocycles. The number of aryl methyl sites for hydroxylation is 1. The van der Waals surface area contributed by atoms with Gasteiger partial charge >= 0.3 is 5.97 Å². The minimum Gasteiger partial charge on any atom is -0.455 e. The molecule has 2 unspecified atom stereocenters. The summed E-state index contributed by atoms with van der Waals surface area (Å²) >= 11 is 0. The molecule has 4 nitrogen and oxygen atoms in total. The first kappa shape index (κ1) is 34.9. The highest BCUT2D eigenvalue weighted by Crippen LogP contribution is 2.24. The zero-order valence-corrected chi connectivity index (χ0v) is 27.0. The number of benzene rings is 2. The molecule has 0 aliphatic rings. The van der Waals surface area contributed by atoms with E-state index in [0.29, 0.717) is 6.42 Å². The Morgan fingerprint density at radius 2 is 1.32 bits per heavy atom. The van der Waals surface area contributed by atoms with Crippen LogP contribution in [0.5, 0.6) is 5.75 Å². The van der Waals surface area contributed by atoms with Crippen LogP contribution >= 0.6 is 0 Å². The number of rotatable bonds is 23. The van der Waals surface area contributed by atoms with E-state index in [2.05, 4.69) is 57.4 Å². The molecule has 0 fully saturated rings. The van der Waals surface area contributed by atoms with E-state index < -0.39 is 6.29 Å². The zero-order chi connectivity index (χ0) is 29.8. The minimum atomic E-state index is -0.556. The summed E-state index contributed by atoms with van der Waals surface area (Å²) in [6.45, 7) is 8.11. The van der Waals surface area contributed by atoms with E-state index in [1.54, 1.807) is 0 Å². The summed E-state index contributed by atoms with van der Waals surface area (Å²) in [6.07, 6.45) is 18.1. The average Bonchev–Trinajstić information content (AvgIpc) is 2.97. The van der Waals surface area contributed by atoms with Crippen LogP contribution in [0.2, 0.25) is 0 Å². The molecule has 2 rings (SSSR count). The van der Waals surface area contributed by atoms with Crippen molar-refractivity contribution in [3.63, 3.8) is 0 Å². The Hall–Kier alpha value is -2.33. The molecule has 0 spiro atoms. The number of ether oxygens (including phenoxy) is 2. The van der Waals surface area contributed by atoms with Gasteiger partial charge in [0.05, 0.1) is 26.6 Å². The molecule has 2 aromatic rings. The van der Waals surface area contributed by atoms with E-state index in [1.807, 2.05) is 32.0 Å². The van der Waals surface area contributed by atoms with E-state index in [-0.39, 0.29) is 11.9 Å². The van der Waals surface area contributed by atoms with Gasteiger partial charge in [-0.2, -0.15) is 0 Å². The van der Waals surface area contributed by atoms with Gasteiger partial charge in [-0.1, -0.05) is 140 Å². The van der Waals surface area contributed by atoms with Gasteiger partial charge in [0.2, 0.25) is 6.29 Å². The van der Waals surface area contributed by atoms with Crippen molar-refractivity contribution in [3.05, 3.63) is 65.7 Å². The molecule has 2 atom stereocenters. The minimum absolute atomic E-state index is 0.169. The molecule has 0 aliphatic heterocycles. The lowest BCUT2D eigenvalue weighted by Gasteiger charge is -2.31. The second kappa shape index (κ2) is 20.5. The van der Waals surface area contributed by atoms with E-state index in [9.17, 15) is 4.79 Å². The van der Waals surface area contributed by atoms with Crippen LogP contribution < -0.4 is 4.74 Å². The first-order valence-corrected chi connectivity index (χ1v) is 16.7. The van der Waals surface area contributed by atoms with Gasteiger partial charge in [0, 0.05) is 18.4 Å². The molecular formula is C37H60NO3+. The van der Waals surface area contributed by atoms with Crippen molar-refractivity contribution in [2.75, 3.05) is 20.6 Å². The largest absolute Gasteiger partial charge is 0.455 e. The topological polar surface area (TPSA) is 35.5 Å². The van der Waals surface area contributed by atoms with Crippen molar-refractivity contribution in [3.8, 4) is 5.75 Å².